The highest BCUT2D eigenvalue weighted by atomic mass is 19.4. The Labute approximate surface area is 145 Å². The van der Waals surface area contributed by atoms with Gasteiger partial charge in [0.25, 0.3) is 11.9 Å². The molecule has 0 radical (unpaired) electrons. The smallest absolute Gasteiger partial charge is 0.416 e. The number of nitrogens with two attached hydrogens (primary N) is 1. The second kappa shape index (κ2) is 6.84. The van der Waals surface area contributed by atoms with Crippen LogP contribution in [-0.2, 0) is 6.18 Å². The lowest BCUT2D eigenvalue weighted by Gasteiger charge is -2.06. The average molecular weight is 363 g/mol. The van der Waals surface area contributed by atoms with E-state index in [4.69, 9.17) is 10.3 Å². The number of anilines is 2. The number of hydrogen-bond acceptors (Lipinski definition) is 6. The number of nitrogens with one attached hydrogen (secondary N) is 2. The van der Waals surface area contributed by atoms with Gasteiger partial charge in [0.2, 0.25) is 0 Å². The van der Waals surface area contributed by atoms with Crippen molar-refractivity contribution in [2.75, 3.05) is 5.32 Å². The number of nitrogen functional groups attached to an aromatic ring is 1. The monoisotopic (exact) mass is 363 g/mol. The van der Waals surface area contributed by atoms with Gasteiger partial charge in [-0.25, -0.2) is 15.8 Å². The van der Waals surface area contributed by atoms with Crippen molar-refractivity contribution in [3.05, 3.63) is 60.0 Å². The molecule has 0 spiro atoms. The number of hydrogen-bond donors (Lipinski definition) is 3. The molecule has 2 heterocycles. The molecule has 10 heteroatoms. The number of halogens is 3. The minimum atomic E-state index is -4.40. The van der Waals surface area contributed by atoms with Crippen molar-refractivity contribution < 1.29 is 22.4 Å². The van der Waals surface area contributed by atoms with Gasteiger partial charge in [-0.05, 0) is 24.3 Å². The van der Waals surface area contributed by atoms with E-state index in [2.05, 4.69) is 15.3 Å². The van der Waals surface area contributed by atoms with E-state index in [9.17, 15) is 18.0 Å². The zero-order valence-corrected chi connectivity index (χ0v) is 13.0. The molecule has 1 amide bonds. The molecule has 7 nitrogen and oxygen atoms in total. The Balaban J connectivity index is 1.73. The molecule has 0 unspecified atom stereocenters. The molecule has 0 aliphatic rings. The van der Waals surface area contributed by atoms with E-state index in [1.54, 1.807) is 6.07 Å². The molecular formula is C16H12F3N5O2. The zero-order chi connectivity index (χ0) is 18.7. The van der Waals surface area contributed by atoms with Gasteiger partial charge in [-0.2, -0.15) is 13.2 Å². The maximum absolute atomic E-state index is 12.6. The molecule has 134 valence electrons. The zero-order valence-electron chi connectivity index (χ0n) is 13.0. The fraction of sp³-hybridized carbons (Fsp3) is 0.0625. The molecule has 0 saturated heterocycles. The maximum atomic E-state index is 12.6. The van der Waals surface area contributed by atoms with Crippen molar-refractivity contribution in [1.82, 2.24) is 15.4 Å². The molecule has 0 aliphatic heterocycles. The van der Waals surface area contributed by atoms with E-state index >= 15 is 0 Å². The number of benzene rings is 1. The van der Waals surface area contributed by atoms with Crippen molar-refractivity contribution in [3.63, 3.8) is 0 Å². The van der Waals surface area contributed by atoms with Crippen molar-refractivity contribution >= 4 is 17.6 Å². The van der Waals surface area contributed by atoms with Gasteiger partial charge >= 0.3 is 6.18 Å². The summed E-state index contributed by atoms with van der Waals surface area (Å²) in [5.41, 5.74) is 2.30. The molecular weight excluding hydrogens is 351 g/mol. The Bertz CT molecular complexity index is 905. The highest BCUT2D eigenvalue weighted by Gasteiger charge is 2.30. The number of hydrazine groups is 1. The summed E-state index contributed by atoms with van der Waals surface area (Å²) in [5.74, 6) is 4.78. The Hall–Kier alpha value is -3.40. The number of aromatic nitrogens is 2. The summed E-state index contributed by atoms with van der Waals surface area (Å²) in [7, 11) is 0. The first kappa shape index (κ1) is 17.4. The van der Waals surface area contributed by atoms with Gasteiger partial charge in [-0.15, -0.1) is 0 Å². The number of carbonyl (C=O) groups is 1. The highest BCUT2D eigenvalue weighted by Crippen LogP contribution is 2.31. The van der Waals surface area contributed by atoms with Crippen molar-refractivity contribution in [2.24, 2.45) is 5.84 Å². The van der Waals surface area contributed by atoms with Crippen LogP contribution in [0.2, 0.25) is 0 Å². The van der Waals surface area contributed by atoms with Gasteiger partial charge in [-0.1, -0.05) is 12.1 Å². The van der Waals surface area contributed by atoms with Crippen LogP contribution < -0.4 is 16.6 Å². The SMILES string of the molecule is NNC(=O)c1ccc(Nc2ncc(-c3ccc(C(F)(F)F)cc3)o2)cn1. The fourth-order valence-electron chi connectivity index (χ4n) is 2.09. The predicted octanol–water partition coefficient (Wildman–Crippen LogP) is 3.10. The summed E-state index contributed by atoms with van der Waals surface area (Å²) in [6.45, 7) is 0. The average Bonchev–Trinajstić information content (AvgIpc) is 3.09. The summed E-state index contributed by atoms with van der Waals surface area (Å²) >= 11 is 0. The van der Waals surface area contributed by atoms with Crippen LogP contribution in [-0.4, -0.2) is 15.9 Å². The fourth-order valence-corrected chi connectivity index (χ4v) is 2.09. The third-order valence-electron chi connectivity index (χ3n) is 3.38. The molecule has 2 aromatic heterocycles. The molecule has 0 aliphatic carbocycles. The third kappa shape index (κ3) is 3.81. The van der Waals surface area contributed by atoms with Crippen molar-refractivity contribution in [2.45, 2.75) is 6.18 Å². The van der Waals surface area contributed by atoms with Gasteiger partial charge < -0.3 is 9.73 Å². The Morgan fingerprint density at radius 3 is 2.35 bits per heavy atom. The van der Waals surface area contributed by atoms with E-state index in [0.29, 0.717) is 17.0 Å². The Morgan fingerprint density at radius 2 is 1.77 bits per heavy atom. The number of carbonyl (C=O) groups excluding carboxylic acids is 1. The van der Waals surface area contributed by atoms with Gasteiger partial charge in [0.05, 0.1) is 23.6 Å². The molecule has 0 saturated carbocycles. The topological polar surface area (TPSA) is 106 Å². The van der Waals surface area contributed by atoms with E-state index in [-0.39, 0.29) is 11.7 Å². The lowest BCUT2D eigenvalue weighted by Crippen LogP contribution is -2.30. The molecule has 3 aromatic rings. The number of nitrogens with zero attached hydrogens (tertiary/aromatic N) is 2. The molecule has 3 rings (SSSR count). The standard InChI is InChI=1S/C16H12F3N5O2/c17-16(18,19)10-3-1-9(2-4-10)13-8-22-15(26-13)23-11-5-6-12(21-7-11)14(25)24-20/h1-8H,20H2,(H,22,23)(H,24,25). The first-order chi connectivity index (χ1) is 12.4. The highest BCUT2D eigenvalue weighted by molar-refractivity contribution is 5.91. The van der Waals surface area contributed by atoms with Crippen LogP contribution in [0.1, 0.15) is 16.1 Å². The van der Waals surface area contributed by atoms with E-state index < -0.39 is 17.6 Å². The van der Waals surface area contributed by atoms with Crippen LogP contribution in [0.25, 0.3) is 11.3 Å². The van der Waals surface area contributed by atoms with Crippen LogP contribution in [0.5, 0.6) is 0 Å². The summed E-state index contributed by atoms with van der Waals surface area (Å²) in [5, 5.41) is 2.83. The van der Waals surface area contributed by atoms with E-state index in [1.807, 2.05) is 5.43 Å². The number of oxazole rings is 1. The van der Waals surface area contributed by atoms with Crippen LogP contribution in [0.4, 0.5) is 24.9 Å². The summed E-state index contributed by atoms with van der Waals surface area (Å²) < 4.78 is 43.2. The van der Waals surface area contributed by atoms with Gasteiger partial charge in [0, 0.05) is 5.56 Å². The Kier molecular flexibility index (Phi) is 4.59. The third-order valence-corrected chi connectivity index (χ3v) is 3.38. The molecule has 0 bridgehead atoms. The van der Waals surface area contributed by atoms with Crippen LogP contribution >= 0.6 is 0 Å². The minimum Gasteiger partial charge on any atom is -0.423 e. The second-order valence-electron chi connectivity index (χ2n) is 5.14. The van der Waals surface area contributed by atoms with Gasteiger partial charge in [-0.3, -0.25) is 10.2 Å². The molecule has 1 aromatic carbocycles. The first-order valence-corrected chi connectivity index (χ1v) is 7.24. The molecule has 0 fully saturated rings. The first-order valence-electron chi connectivity index (χ1n) is 7.24. The largest absolute Gasteiger partial charge is 0.423 e. The van der Waals surface area contributed by atoms with Crippen molar-refractivity contribution in [3.8, 4) is 11.3 Å². The maximum Gasteiger partial charge on any atom is 0.416 e. The predicted molar refractivity (Wildman–Crippen MR) is 86.1 cm³/mol. The van der Waals surface area contributed by atoms with Gasteiger partial charge in [0.15, 0.2) is 5.76 Å². The number of pyridine rings is 1. The van der Waals surface area contributed by atoms with E-state index in [1.165, 1.54) is 30.6 Å². The van der Waals surface area contributed by atoms with Gasteiger partial charge in [0.1, 0.15) is 5.69 Å². The minimum absolute atomic E-state index is 0.123. The summed E-state index contributed by atoms with van der Waals surface area (Å²) in [6, 6.07) is 7.68. The second-order valence-corrected chi connectivity index (χ2v) is 5.14. The van der Waals surface area contributed by atoms with Crippen LogP contribution in [0, 0.1) is 0 Å². The summed E-state index contributed by atoms with van der Waals surface area (Å²) in [6.07, 6.45) is -1.63. The van der Waals surface area contributed by atoms with Crippen molar-refractivity contribution in [1.29, 1.82) is 0 Å². The number of amides is 1. The Morgan fingerprint density at radius 1 is 1.04 bits per heavy atom. The molecule has 26 heavy (non-hydrogen) atoms. The molecule has 4 N–H and O–H groups in total. The summed E-state index contributed by atoms with van der Waals surface area (Å²) in [4.78, 5) is 19.2. The normalized spacial score (nSPS) is 11.2. The quantitative estimate of drug-likeness (QED) is 0.374. The van der Waals surface area contributed by atoms with E-state index in [0.717, 1.165) is 12.1 Å². The van der Waals surface area contributed by atoms with Crippen LogP contribution in [0.3, 0.4) is 0 Å². The van der Waals surface area contributed by atoms with Crippen LogP contribution in [0.15, 0.2) is 53.2 Å². The lowest BCUT2D eigenvalue weighted by molar-refractivity contribution is -0.137. The molecule has 0 atom stereocenters. The number of rotatable bonds is 4. The lowest BCUT2D eigenvalue weighted by atomic mass is 10.1. The number of alkyl halides is 3.